The molecule has 0 saturated heterocycles. The van der Waals surface area contributed by atoms with Gasteiger partial charge in [-0.1, -0.05) is 75.1 Å². The van der Waals surface area contributed by atoms with Gasteiger partial charge < -0.3 is 30.1 Å². The first-order valence-corrected chi connectivity index (χ1v) is 16.9. The van der Waals surface area contributed by atoms with Crippen molar-refractivity contribution < 1.29 is 33.8 Å². The average molecular weight is 672 g/mol. The topological polar surface area (TPSA) is 134 Å². The zero-order chi connectivity index (χ0) is 35.2. The van der Waals surface area contributed by atoms with Crippen LogP contribution in [0.4, 0.5) is 4.79 Å². The summed E-state index contributed by atoms with van der Waals surface area (Å²) in [6, 6.07) is 11.9. The van der Waals surface area contributed by atoms with E-state index >= 15 is 0 Å². The Morgan fingerprint density at radius 1 is 0.809 bits per heavy atom. The number of aromatic hydroxyl groups is 1. The van der Waals surface area contributed by atoms with E-state index < -0.39 is 53.2 Å². The number of thiol groups is 1. The maximum absolute atomic E-state index is 14.4. The number of benzene rings is 2. The van der Waals surface area contributed by atoms with E-state index in [1.807, 2.05) is 30.3 Å². The van der Waals surface area contributed by atoms with Gasteiger partial charge in [-0.05, 0) is 71.2 Å². The van der Waals surface area contributed by atoms with Crippen LogP contribution in [0.3, 0.4) is 0 Å². The molecule has 3 amide bonds. The maximum atomic E-state index is 14.4. The minimum Gasteiger partial charge on any atom is -0.508 e. The van der Waals surface area contributed by atoms with Crippen molar-refractivity contribution in [1.82, 2.24) is 15.5 Å². The first-order valence-electron chi connectivity index (χ1n) is 16.3. The molecule has 0 aliphatic rings. The second-order valence-electron chi connectivity index (χ2n) is 13.6. The van der Waals surface area contributed by atoms with E-state index in [0.717, 1.165) is 31.2 Å². The van der Waals surface area contributed by atoms with E-state index in [0.29, 0.717) is 12.0 Å². The van der Waals surface area contributed by atoms with Gasteiger partial charge in [0.1, 0.15) is 35.1 Å². The molecule has 11 heteroatoms. The highest BCUT2D eigenvalue weighted by atomic mass is 32.1. The van der Waals surface area contributed by atoms with E-state index in [2.05, 4.69) is 30.2 Å². The number of rotatable bonds is 16. The van der Waals surface area contributed by atoms with Gasteiger partial charge >= 0.3 is 12.1 Å². The highest BCUT2D eigenvalue weighted by molar-refractivity contribution is 7.80. The number of unbranched alkanes of at least 4 members (excludes halogenated alkanes) is 4. The third-order valence-corrected chi connectivity index (χ3v) is 7.38. The summed E-state index contributed by atoms with van der Waals surface area (Å²) >= 11 is 4.36. The highest BCUT2D eigenvalue weighted by Crippen LogP contribution is 2.26. The van der Waals surface area contributed by atoms with Crippen LogP contribution in [-0.4, -0.2) is 69.5 Å². The van der Waals surface area contributed by atoms with Gasteiger partial charge in [-0.25, -0.2) is 9.59 Å². The molecular weight excluding hydrogens is 618 g/mol. The lowest BCUT2D eigenvalue weighted by Gasteiger charge is -2.35. The van der Waals surface area contributed by atoms with Crippen molar-refractivity contribution in [1.29, 1.82) is 0 Å². The van der Waals surface area contributed by atoms with Gasteiger partial charge in [-0.3, -0.25) is 9.59 Å². The molecular formula is C36H53N3O7S. The predicted octanol–water partition coefficient (Wildman–Crippen LogP) is 6.12. The van der Waals surface area contributed by atoms with Gasteiger partial charge in [-0.15, -0.1) is 0 Å². The highest BCUT2D eigenvalue weighted by Gasteiger charge is 2.38. The van der Waals surface area contributed by atoms with Crippen LogP contribution in [0.15, 0.2) is 54.6 Å². The fourth-order valence-corrected chi connectivity index (χ4v) is 5.13. The van der Waals surface area contributed by atoms with Crippen LogP contribution < -0.4 is 10.6 Å². The predicted molar refractivity (Wildman–Crippen MR) is 186 cm³/mol. The minimum absolute atomic E-state index is 0.0131. The van der Waals surface area contributed by atoms with Gasteiger partial charge in [-0.2, -0.15) is 12.6 Å². The Kier molecular flexibility index (Phi) is 15.6. The van der Waals surface area contributed by atoms with Crippen LogP contribution in [0, 0.1) is 0 Å². The summed E-state index contributed by atoms with van der Waals surface area (Å²) in [6.07, 6.45) is 3.82. The van der Waals surface area contributed by atoms with Crippen LogP contribution >= 0.6 is 12.6 Å². The van der Waals surface area contributed by atoms with Gasteiger partial charge in [0.25, 0.3) is 0 Å². The molecule has 260 valence electrons. The van der Waals surface area contributed by atoms with Crippen LogP contribution in [0.2, 0.25) is 0 Å². The minimum atomic E-state index is -1.21. The van der Waals surface area contributed by atoms with Crippen molar-refractivity contribution >= 4 is 36.5 Å². The monoisotopic (exact) mass is 671 g/mol. The number of carbonyl (C=O) groups is 4. The summed E-state index contributed by atoms with van der Waals surface area (Å²) in [5.74, 6) is -1.83. The molecule has 3 N–H and O–H groups in total. The van der Waals surface area contributed by atoms with Crippen molar-refractivity contribution in [3.63, 3.8) is 0 Å². The molecule has 10 nitrogen and oxygen atoms in total. The lowest BCUT2D eigenvalue weighted by atomic mass is 10.00. The van der Waals surface area contributed by atoms with E-state index in [1.165, 1.54) is 17.0 Å². The summed E-state index contributed by atoms with van der Waals surface area (Å²) < 4.78 is 11.1. The number of nitrogens with zero attached hydrogens (tertiary/aromatic N) is 1. The lowest BCUT2D eigenvalue weighted by molar-refractivity contribution is -0.159. The Hall–Kier alpha value is -3.73. The molecule has 0 aliphatic heterocycles. The van der Waals surface area contributed by atoms with Crippen LogP contribution in [0.5, 0.6) is 5.75 Å². The third kappa shape index (κ3) is 14.3. The Labute approximate surface area is 285 Å². The largest absolute Gasteiger partial charge is 0.508 e. The Morgan fingerprint density at radius 2 is 1.40 bits per heavy atom. The van der Waals surface area contributed by atoms with Crippen LogP contribution in [0.1, 0.15) is 97.7 Å². The fraction of sp³-hybridized carbons (Fsp3) is 0.556. The Balaban J connectivity index is 2.56. The summed E-state index contributed by atoms with van der Waals surface area (Å²) in [5, 5.41) is 15.5. The van der Waals surface area contributed by atoms with Crippen molar-refractivity contribution in [2.45, 2.75) is 116 Å². The molecule has 0 fully saturated rings. The van der Waals surface area contributed by atoms with E-state index in [1.54, 1.807) is 53.7 Å². The number of alkyl carbamates (subject to hydrolysis) is 1. The molecule has 0 aliphatic carbocycles. The zero-order valence-corrected chi connectivity index (χ0v) is 29.8. The summed E-state index contributed by atoms with van der Waals surface area (Å²) in [5.41, 5.74) is -0.372. The maximum Gasteiger partial charge on any atom is 0.408 e. The molecule has 2 aromatic rings. The quantitative estimate of drug-likeness (QED) is 0.0959. The number of esters is 1. The van der Waals surface area contributed by atoms with Crippen LogP contribution in [-0.2, 0) is 30.3 Å². The number of nitrogens with one attached hydrogen (secondary N) is 2. The first-order chi connectivity index (χ1) is 22.0. The van der Waals surface area contributed by atoms with E-state index in [4.69, 9.17) is 9.47 Å². The first kappa shape index (κ1) is 39.4. The van der Waals surface area contributed by atoms with Crippen molar-refractivity contribution in [2.75, 3.05) is 12.3 Å². The van der Waals surface area contributed by atoms with E-state index in [9.17, 15) is 24.3 Å². The molecule has 3 unspecified atom stereocenters. The van der Waals surface area contributed by atoms with Gasteiger partial charge in [0, 0.05) is 18.7 Å². The summed E-state index contributed by atoms with van der Waals surface area (Å²) in [7, 11) is 0. The smallest absolute Gasteiger partial charge is 0.408 e. The molecule has 0 bridgehead atoms. The number of carbonyl (C=O) groups excluding carboxylic acids is 4. The molecule has 2 aromatic carbocycles. The van der Waals surface area contributed by atoms with Gasteiger partial charge in [0.05, 0.1) is 0 Å². The number of hydrogen-bond acceptors (Lipinski definition) is 8. The van der Waals surface area contributed by atoms with Crippen LogP contribution in [0.25, 0.3) is 0 Å². The molecule has 0 radical (unpaired) electrons. The average Bonchev–Trinajstić information content (AvgIpc) is 2.98. The van der Waals surface area contributed by atoms with Crippen molar-refractivity contribution in [3.8, 4) is 5.75 Å². The molecule has 47 heavy (non-hydrogen) atoms. The number of phenols is 1. The van der Waals surface area contributed by atoms with Crippen molar-refractivity contribution in [3.05, 3.63) is 65.7 Å². The van der Waals surface area contributed by atoms with Crippen molar-refractivity contribution in [2.24, 2.45) is 0 Å². The Bertz CT molecular complexity index is 1290. The SMILES string of the molecule is CCCCCCCN(C(=O)C(CS)NC(=O)OC(C)(C)C)C(C(=O)NC(Cc1ccccc1)C(=O)OC(C)(C)C)c1ccc(O)cc1. The number of phenolic OH excluding ortho intramolecular Hbond substituents is 1. The fourth-order valence-electron chi connectivity index (χ4n) is 4.88. The summed E-state index contributed by atoms with van der Waals surface area (Å²) in [4.78, 5) is 56.2. The molecule has 0 spiro atoms. The molecule has 2 rings (SSSR count). The number of ether oxygens (including phenoxy) is 2. The second-order valence-corrected chi connectivity index (χ2v) is 14.0. The second kappa shape index (κ2) is 18.6. The molecule has 0 saturated carbocycles. The summed E-state index contributed by atoms with van der Waals surface area (Å²) in [6.45, 7) is 12.7. The number of hydrogen-bond donors (Lipinski definition) is 4. The lowest BCUT2D eigenvalue weighted by Crippen LogP contribution is -2.55. The van der Waals surface area contributed by atoms with Gasteiger partial charge in [0.15, 0.2) is 0 Å². The van der Waals surface area contributed by atoms with E-state index in [-0.39, 0.29) is 24.5 Å². The normalized spacial score (nSPS) is 13.5. The number of amides is 3. The Morgan fingerprint density at radius 3 is 1.96 bits per heavy atom. The standard InChI is InChI=1S/C36H53N3O7S/c1-8-9-10-11-15-22-39(32(42)29(24-47)38-34(44)46-36(5,6)7)30(26-18-20-27(40)21-19-26)31(41)37-28(33(43)45-35(2,3)4)23-25-16-13-12-14-17-25/h12-14,16-21,28-30,40,47H,8-11,15,22-24H2,1-7H3,(H,37,41)(H,38,44). The third-order valence-electron chi connectivity index (χ3n) is 7.02. The van der Waals surface area contributed by atoms with Gasteiger partial charge in [0.2, 0.25) is 11.8 Å². The zero-order valence-electron chi connectivity index (χ0n) is 28.9. The molecule has 0 heterocycles. The molecule has 0 aromatic heterocycles. The molecule has 3 atom stereocenters.